The summed E-state index contributed by atoms with van der Waals surface area (Å²) in [5.41, 5.74) is 2.73. The predicted octanol–water partition coefficient (Wildman–Crippen LogP) is 2.05. The zero-order valence-electron chi connectivity index (χ0n) is 11.9. The fourth-order valence-corrected chi connectivity index (χ4v) is 2.04. The van der Waals surface area contributed by atoms with Crippen molar-refractivity contribution in [2.45, 2.75) is 20.4 Å². The Morgan fingerprint density at radius 3 is 2.90 bits per heavy atom. The van der Waals surface area contributed by atoms with Crippen LogP contribution in [0.4, 0.5) is 5.69 Å². The quantitative estimate of drug-likeness (QED) is 0.846. The molecule has 0 unspecified atom stereocenters. The van der Waals surface area contributed by atoms with E-state index in [9.17, 15) is 4.79 Å². The van der Waals surface area contributed by atoms with Crippen molar-refractivity contribution in [3.63, 3.8) is 0 Å². The van der Waals surface area contributed by atoms with Gasteiger partial charge in [0.05, 0.1) is 6.54 Å². The zero-order valence-corrected chi connectivity index (χ0v) is 11.9. The number of hydrogen-bond acceptors (Lipinski definition) is 3. The molecule has 1 heterocycles. The number of nitrogens with zero attached hydrogens (tertiary/aromatic N) is 2. The average molecular weight is 272 g/mol. The SMILES string of the molecule is CCNc1ccc(C(=O)NCCn2cccn2)c(C)c1. The number of anilines is 1. The van der Waals surface area contributed by atoms with E-state index in [1.54, 1.807) is 10.9 Å². The van der Waals surface area contributed by atoms with Gasteiger partial charge in [0.25, 0.3) is 5.91 Å². The Balaban J connectivity index is 1.91. The lowest BCUT2D eigenvalue weighted by Crippen LogP contribution is -2.28. The van der Waals surface area contributed by atoms with Crippen molar-refractivity contribution in [2.75, 3.05) is 18.4 Å². The van der Waals surface area contributed by atoms with Gasteiger partial charge in [0, 0.05) is 36.7 Å². The monoisotopic (exact) mass is 272 g/mol. The fourth-order valence-electron chi connectivity index (χ4n) is 2.04. The van der Waals surface area contributed by atoms with Gasteiger partial charge in [-0.1, -0.05) is 0 Å². The zero-order chi connectivity index (χ0) is 14.4. The van der Waals surface area contributed by atoms with E-state index in [4.69, 9.17) is 0 Å². The number of carbonyl (C=O) groups excluding carboxylic acids is 1. The van der Waals surface area contributed by atoms with E-state index in [0.29, 0.717) is 18.7 Å². The van der Waals surface area contributed by atoms with E-state index >= 15 is 0 Å². The molecule has 0 saturated carbocycles. The number of benzene rings is 1. The van der Waals surface area contributed by atoms with E-state index in [0.717, 1.165) is 17.8 Å². The molecule has 5 heteroatoms. The molecule has 0 aliphatic rings. The van der Waals surface area contributed by atoms with E-state index < -0.39 is 0 Å². The Kier molecular flexibility index (Phi) is 4.76. The molecule has 0 spiro atoms. The second-order valence-corrected chi connectivity index (χ2v) is 4.59. The Morgan fingerprint density at radius 2 is 2.25 bits per heavy atom. The summed E-state index contributed by atoms with van der Waals surface area (Å²) in [6.45, 7) is 6.10. The average Bonchev–Trinajstić information content (AvgIpc) is 2.92. The molecule has 106 valence electrons. The first kappa shape index (κ1) is 14.1. The molecular weight excluding hydrogens is 252 g/mol. The van der Waals surface area contributed by atoms with Crippen LogP contribution in [0.15, 0.2) is 36.7 Å². The van der Waals surface area contributed by atoms with Gasteiger partial charge in [-0.15, -0.1) is 0 Å². The maximum absolute atomic E-state index is 12.1. The van der Waals surface area contributed by atoms with Gasteiger partial charge in [-0.05, 0) is 43.7 Å². The van der Waals surface area contributed by atoms with Crippen molar-refractivity contribution in [3.8, 4) is 0 Å². The lowest BCUT2D eigenvalue weighted by atomic mass is 10.1. The summed E-state index contributed by atoms with van der Waals surface area (Å²) in [7, 11) is 0. The van der Waals surface area contributed by atoms with Crippen LogP contribution in [0.3, 0.4) is 0 Å². The van der Waals surface area contributed by atoms with Crippen LogP contribution in [-0.4, -0.2) is 28.8 Å². The molecule has 2 rings (SSSR count). The molecule has 0 bridgehead atoms. The lowest BCUT2D eigenvalue weighted by Gasteiger charge is -2.10. The van der Waals surface area contributed by atoms with Gasteiger partial charge in [0.2, 0.25) is 0 Å². The Bertz CT molecular complexity index is 563. The summed E-state index contributed by atoms with van der Waals surface area (Å²) in [6, 6.07) is 7.65. The summed E-state index contributed by atoms with van der Waals surface area (Å²) in [4.78, 5) is 12.1. The van der Waals surface area contributed by atoms with E-state index in [-0.39, 0.29) is 5.91 Å². The predicted molar refractivity (Wildman–Crippen MR) is 79.9 cm³/mol. The molecule has 0 aliphatic heterocycles. The van der Waals surface area contributed by atoms with E-state index in [1.807, 2.05) is 44.3 Å². The van der Waals surface area contributed by atoms with Gasteiger partial charge in [0.15, 0.2) is 0 Å². The molecule has 1 amide bonds. The number of rotatable bonds is 6. The minimum atomic E-state index is -0.0438. The summed E-state index contributed by atoms with van der Waals surface area (Å²) >= 11 is 0. The van der Waals surface area contributed by atoms with E-state index in [2.05, 4.69) is 15.7 Å². The van der Waals surface area contributed by atoms with Crippen LogP contribution in [0.25, 0.3) is 0 Å². The molecular formula is C15H20N4O. The third-order valence-corrected chi connectivity index (χ3v) is 3.04. The van der Waals surface area contributed by atoms with Gasteiger partial charge in [-0.3, -0.25) is 9.48 Å². The minimum absolute atomic E-state index is 0.0438. The Hall–Kier alpha value is -2.30. The van der Waals surface area contributed by atoms with Gasteiger partial charge in [0.1, 0.15) is 0 Å². The molecule has 20 heavy (non-hydrogen) atoms. The summed E-state index contributed by atoms with van der Waals surface area (Å²) in [6.07, 6.45) is 3.61. The van der Waals surface area contributed by atoms with Crippen LogP contribution in [0.5, 0.6) is 0 Å². The first-order chi connectivity index (χ1) is 9.70. The first-order valence-electron chi connectivity index (χ1n) is 6.81. The lowest BCUT2D eigenvalue weighted by molar-refractivity contribution is 0.0951. The number of aryl methyl sites for hydroxylation is 1. The van der Waals surface area contributed by atoms with Gasteiger partial charge in [-0.2, -0.15) is 5.10 Å². The van der Waals surface area contributed by atoms with Gasteiger partial charge < -0.3 is 10.6 Å². The maximum atomic E-state index is 12.1. The van der Waals surface area contributed by atoms with Gasteiger partial charge >= 0.3 is 0 Å². The van der Waals surface area contributed by atoms with Crippen LogP contribution in [0.1, 0.15) is 22.8 Å². The molecule has 2 N–H and O–H groups in total. The molecule has 0 aliphatic carbocycles. The van der Waals surface area contributed by atoms with E-state index in [1.165, 1.54) is 0 Å². The first-order valence-corrected chi connectivity index (χ1v) is 6.81. The molecule has 2 aromatic rings. The van der Waals surface area contributed by atoms with Crippen LogP contribution in [0, 0.1) is 6.92 Å². The van der Waals surface area contributed by atoms with Crippen LogP contribution in [0.2, 0.25) is 0 Å². The largest absolute Gasteiger partial charge is 0.385 e. The summed E-state index contributed by atoms with van der Waals surface area (Å²) in [5, 5.41) is 10.2. The minimum Gasteiger partial charge on any atom is -0.385 e. The second-order valence-electron chi connectivity index (χ2n) is 4.59. The molecule has 0 radical (unpaired) electrons. The van der Waals surface area contributed by atoms with Crippen LogP contribution >= 0.6 is 0 Å². The van der Waals surface area contributed by atoms with Crippen molar-refractivity contribution >= 4 is 11.6 Å². The number of hydrogen-bond donors (Lipinski definition) is 2. The van der Waals surface area contributed by atoms with Crippen LogP contribution in [-0.2, 0) is 6.54 Å². The van der Waals surface area contributed by atoms with Gasteiger partial charge in [-0.25, -0.2) is 0 Å². The van der Waals surface area contributed by atoms with Crippen molar-refractivity contribution in [1.82, 2.24) is 15.1 Å². The number of aromatic nitrogens is 2. The van der Waals surface area contributed by atoms with Crippen molar-refractivity contribution in [1.29, 1.82) is 0 Å². The molecule has 0 fully saturated rings. The fraction of sp³-hybridized carbons (Fsp3) is 0.333. The van der Waals surface area contributed by atoms with Crippen molar-refractivity contribution in [3.05, 3.63) is 47.8 Å². The molecule has 0 saturated heterocycles. The normalized spacial score (nSPS) is 10.3. The second kappa shape index (κ2) is 6.75. The van der Waals surface area contributed by atoms with Crippen LogP contribution < -0.4 is 10.6 Å². The third-order valence-electron chi connectivity index (χ3n) is 3.04. The highest BCUT2D eigenvalue weighted by atomic mass is 16.1. The highest BCUT2D eigenvalue weighted by Crippen LogP contribution is 2.14. The maximum Gasteiger partial charge on any atom is 0.251 e. The highest BCUT2D eigenvalue weighted by Gasteiger charge is 2.08. The Labute approximate surface area is 119 Å². The number of carbonyl (C=O) groups is 1. The molecule has 5 nitrogen and oxygen atoms in total. The summed E-state index contributed by atoms with van der Waals surface area (Å²) < 4.78 is 1.79. The van der Waals surface area contributed by atoms with Crippen molar-refractivity contribution < 1.29 is 4.79 Å². The number of amides is 1. The summed E-state index contributed by atoms with van der Waals surface area (Å²) in [5.74, 6) is -0.0438. The molecule has 1 aromatic carbocycles. The van der Waals surface area contributed by atoms with Crippen molar-refractivity contribution in [2.24, 2.45) is 0 Å². The Morgan fingerprint density at radius 1 is 1.40 bits per heavy atom. The molecule has 1 aromatic heterocycles. The molecule has 0 atom stereocenters. The standard InChI is InChI=1S/C15H20N4O/c1-3-16-13-5-6-14(12(2)11-13)15(20)17-8-10-19-9-4-7-18-19/h4-7,9,11,16H,3,8,10H2,1-2H3,(H,17,20). The topological polar surface area (TPSA) is 59.0 Å². The smallest absolute Gasteiger partial charge is 0.251 e. The third kappa shape index (κ3) is 3.60. The highest BCUT2D eigenvalue weighted by molar-refractivity contribution is 5.96. The number of nitrogens with one attached hydrogen (secondary N) is 2.